The molecule has 0 fully saturated rings. The molecule has 1 aromatic carbocycles. The van der Waals surface area contributed by atoms with E-state index in [1.807, 2.05) is 31.4 Å². The normalized spacial score (nSPS) is 11.8. The maximum atomic E-state index is 12.2. The molecule has 4 N–H and O–H groups in total. The van der Waals surface area contributed by atoms with Gasteiger partial charge < -0.3 is 16.4 Å². The number of aryl methyl sites for hydroxylation is 1. The predicted molar refractivity (Wildman–Crippen MR) is 92.0 cm³/mol. The highest BCUT2D eigenvalue weighted by Gasteiger charge is 2.19. The standard InChI is InChI=1S/C13H18IN3O2S/c1-8-7-9(14)3-4-10(8)16-12(18)11(5-6-20-2)17-13(15)19/h3-4,7,11H,5-6H2,1-2H3,(H,16,18)(H3,15,17,19). The van der Waals surface area contributed by atoms with Gasteiger partial charge in [0.15, 0.2) is 0 Å². The minimum absolute atomic E-state index is 0.248. The van der Waals surface area contributed by atoms with Crippen LogP contribution in [-0.2, 0) is 4.79 Å². The van der Waals surface area contributed by atoms with E-state index in [4.69, 9.17) is 5.73 Å². The van der Waals surface area contributed by atoms with Crippen molar-refractivity contribution in [3.63, 3.8) is 0 Å². The number of rotatable bonds is 6. The highest BCUT2D eigenvalue weighted by Crippen LogP contribution is 2.18. The van der Waals surface area contributed by atoms with Crippen LogP contribution in [-0.4, -0.2) is 30.0 Å². The largest absolute Gasteiger partial charge is 0.352 e. The van der Waals surface area contributed by atoms with Crippen molar-refractivity contribution in [2.45, 2.75) is 19.4 Å². The molecule has 1 atom stereocenters. The lowest BCUT2D eigenvalue weighted by molar-refractivity contribution is -0.117. The number of primary amides is 1. The SMILES string of the molecule is CSCCC(NC(N)=O)C(=O)Nc1ccc(I)cc1C. The summed E-state index contributed by atoms with van der Waals surface area (Å²) in [6.07, 6.45) is 2.49. The van der Waals surface area contributed by atoms with Crippen molar-refractivity contribution in [1.29, 1.82) is 0 Å². The Hall–Kier alpha value is -0.960. The number of benzene rings is 1. The van der Waals surface area contributed by atoms with Crippen LogP contribution in [0, 0.1) is 10.5 Å². The minimum atomic E-state index is -0.689. The van der Waals surface area contributed by atoms with Gasteiger partial charge in [-0.3, -0.25) is 4.79 Å². The highest BCUT2D eigenvalue weighted by molar-refractivity contribution is 14.1. The first-order valence-corrected chi connectivity index (χ1v) is 8.53. The summed E-state index contributed by atoms with van der Waals surface area (Å²) in [5.74, 6) is 0.520. The van der Waals surface area contributed by atoms with E-state index in [0.29, 0.717) is 6.42 Å². The number of halogens is 1. The lowest BCUT2D eigenvalue weighted by atomic mass is 10.1. The number of nitrogens with two attached hydrogens (primary N) is 1. The molecule has 0 saturated carbocycles. The average Bonchev–Trinajstić information content (AvgIpc) is 2.37. The molecule has 0 heterocycles. The molecule has 1 rings (SSSR count). The molecule has 3 amide bonds. The molecule has 1 aromatic rings. The quantitative estimate of drug-likeness (QED) is 0.633. The summed E-state index contributed by atoms with van der Waals surface area (Å²) < 4.78 is 1.10. The summed E-state index contributed by atoms with van der Waals surface area (Å²) in [7, 11) is 0. The lowest BCUT2D eigenvalue weighted by Crippen LogP contribution is -2.46. The first kappa shape index (κ1) is 17.1. The molecular weight excluding hydrogens is 389 g/mol. The number of urea groups is 1. The van der Waals surface area contributed by atoms with Crippen molar-refractivity contribution in [2.24, 2.45) is 5.73 Å². The third-order valence-corrected chi connectivity index (χ3v) is 4.00. The number of carbonyl (C=O) groups excluding carboxylic acids is 2. The van der Waals surface area contributed by atoms with Crippen molar-refractivity contribution in [2.75, 3.05) is 17.3 Å². The molecule has 0 saturated heterocycles. The molecule has 1 unspecified atom stereocenters. The van der Waals surface area contributed by atoms with E-state index >= 15 is 0 Å². The second-order valence-electron chi connectivity index (χ2n) is 4.29. The monoisotopic (exact) mass is 407 g/mol. The van der Waals surface area contributed by atoms with Crippen molar-refractivity contribution in [3.8, 4) is 0 Å². The Kier molecular flexibility index (Phi) is 7.14. The number of amides is 3. The summed E-state index contributed by atoms with van der Waals surface area (Å²) in [5, 5.41) is 5.31. The van der Waals surface area contributed by atoms with E-state index in [-0.39, 0.29) is 5.91 Å². The van der Waals surface area contributed by atoms with E-state index in [1.54, 1.807) is 11.8 Å². The number of hydrogen-bond donors (Lipinski definition) is 3. The third-order valence-electron chi connectivity index (χ3n) is 2.69. The zero-order chi connectivity index (χ0) is 15.1. The summed E-state index contributed by atoms with van der Waals surface area (Å²) >= 11 is 3.83. The minimum Gasteiger partial charge on any atom is -0.352 e. The Morgan fingerprint density at radius 2 is 2.15 bits per heavy atom. The van der Waals surface area contributed by atoms with Gasteiger partial charge >= 0.3 is 6.03 Å². The molecule has 0 bridgehead atoms. The van der Waals surface area contributed by atoms with Crippen LogP contribution in [0.2, 0.25) is 0 Å². The zero-order valence-electron chi connectivity index (χ0n) is 11.4. The first-order chi connectivity index (χ1) is 9.43. The van der Waals surface area contributed by atoms with E-state index in [1.165, 1.54) is 0 Å². The van der Waals surface area contributed by atoms with E-state index in [9.17, 15) is 9.59 Å². The number of nitrogens with one attached hydrogen (secondary N) is 2. The van der Waals surface area contributed by atoms with Gasteiger partial charge in [0.05, 0.1) is 0 Å². The zero-order valence-corrected chi connectivity index (χ0v) is 14.4. The number of anilines is 1. The van der Waals surface area contributed by atoms with Crippen LogP contribution in [0.25, 0.3) is 0 Å². The summed E-state index contributed by atoms with van der Waals surface area (Å²) in [4.78, 5) is 23.2. The second-order valence-corrected chi connectivity index (χ2v) is 6.52. The van der Waals surface area contributed by atoms with Crippen LogP contribution < -0.4 is 16.4 Å². The Balaban J connectivity index is 2.76. The second kappa shape index (κ2) is 8.35. The molecule has 0 aliphatic heterocycles. The molecule has 0 aliphatic rings. The van der Waals surface area contributed by atoms with Crippen LogP contribution in [0.3, 0.4) is 0 Å². The lowest BCUT2D eigenvalue weighted by Gasteiger charge is -2.17. The molecule has 0 spiro atoms. The van der Waals surface area contributed by atoms with Gasteiger partial charge in [-0.2, -0.15) is 11.8 Å². The smallest absolute Gasteiger partial charge is 0.312 e. The van der Waals surface area contributed by atoms with E-state index in [0.717, 1.165) is 20.6 Å². The van der Waals surface area contributed by atoms with Gasteiger partial charge in [0.25, 0.3) is 0 Å². The summed E-state index contributed by atoms with van der Waals surface area (Å²) in [6, 6.07) is 4.45. The number of carbonyl (C=O) groups is 2. The van der Waals surface area contributed by atoms with Crippen molar-refractivity contribution < 1.29 is 9.59 Å². The molecule has 0 radical (unpaired) electrons. The van der Waals surface area contributed by atoms with Gasteiger partial charge in [-0.25, -0.2) is 4.79 Å². The summed E-state index contributed by atoms with van der Waals surface area (Å²) in [5.41, 5.74) is 6.83. The molecule has 0 aliphatic carbocycles. The van der Waals surface area contributed by atoms with Crippen molar-refractivity contribution in [1.82, 2.24) is 5.32 Å². The van der Waals surface area contributed by atoms with Gasteiger partial charge in [0, 0.05) is 9.26 Å². The van der Waals surface area contributed by atoms with Gasteiger partial charge in [0.1, 0.15) is 6.04 Å². The van der Waals surface area contributed by atoms with Gasteiger partial charge in [-0.15, -0.1) is 0 Å². The average molecular weight is 407 g/mol. The summed E-state index contributed by atoms with van der Waals surface area (Å²) in [6.45, 7) is 1.93. The van der Waals surface area contributed by atoms with Gasteiger partial charge in [0.2, 0.25) is 5.91 Å². The molecule has 7 heteroatoms. The molecule has 110 valence electrons. The fraction of sp³-hybridized carbons (Fsp3) is 0.385. The van der Waals surface area contributed by atoms with Crippen LogP contribution in [0.15, 0.2) is 18.2 Å². The van der Waals surface area contributed by atoms with E-state index in [2.05, 4.69) is 33.2 Å². The van der Waals surface area contributed by atoms with Crippen LogP contribution in [0.4, 0.5) is 10.5 Å². The van der Waals surface area contributed by atoms with Crippen molar-refractivity contribution in [3.05, 3.63) is 27.3 Å². The maximum Gasteiger partial charge on any atom is 0.312 e. The molecule has 5 nitrogen and oxygen atoms in total. The fourth-order valence-electron chi connectivity index (χ4n) is 1.66. The predicted octanol–water partition coefficient (Wildman–Crippen LogP) is 2.33. The third kappa shape index (κ3) is 5.58. The topological polar surface area (TPSA) is 84.2 Å². The van der Waals surface area contributed by atoms with E-state index < -0.39 is 12.1 Å². The Labute approximate surface area is 136 Å². The first-order valence-electron chi connectivity index (χ1n) is 6.06. The Bertz CT molecular complexity index is 497. The fourth-order valence-corrected chi connectivity index (χ4v) is 2.78. The molecular formula is C13H18IN3O2S. The molecule has 0 aromatic heterocycles. The molecule has 20 heavy (non-hydrogen) atoms. The van der Waals surface area contributed by atoms with Crippen LogP contribution in [0.1, 0.15) is 12.0 Å². The van der Waals surface area contributed by atoms with Crippen LogP contribution >= 0.6 is 34.4 Å². The van der Waals surface area contributed by atoms with Crippen molar-refractivity contribution >= 4 is 52.0 Å². The maximum absolute atomic E-state index is 12.2. The number of thioether (sulfide) groups is 1. The van der Waals surface area contributed by atoms with Crippen LogP contribution in [0.5, 0.6) is 0 Å². The number of hydrogen-bond acceptors (Lipinski definition) is 3. The Morgan fingerprint density at radius 1 is 1.45 bits per heavy atom. The van der Waals surface area contributed by atoms with Gasteiger partial charge in [-0.05, 0) is 71.7 Å². The Morgan fingerprint density at radius 3 is 2.70 bits per heavy atom. The van der Waals surface area contributed by atoms with Gasteiger partial charge in [-0.1, -0.05) is 0 Å². The highest BCUT2D eigenvalue weighted by atomic mass is 127.